The van der Waals surface area contributed by atoms with E-state index in [1.54, 1.807) is 0 Å². The molecule has 8 heteroatoms. The monoisotopic (exact) mass is 359 g/mol. The van der Waals surface area contributed by atoms with E-state index in [1.807, 2.05) is 45.0 Å². The van der Waals surface area contributed by atoms with Gasteiger partial charge in [-0.3, -0.25) is 4.79 Å². The van der Waals surface area contributed by atoms with Crippen molar-refractivity contribution in [2.75, 3.05) is 0 Å². The molecule has 1 aromatic carbocycles. The standard InChI is InChI=1S/C16H17N5OS2/c1-9-6-10(2)19-16(18-9)23-11(3)15(22)17-8-12-4-5-13-14(7-12)21-24-20-13/h4-7,11H,8H2,1-3H3,(H,17,22)/t11-/m0/s1. The van der Waals surface area contributed by atoms with Crippen LogP contribution in [0.3, 0.4) is 0 Å². The first-order chi connectivity index (χ1) is 11.5. The molecular weight excluding hydrogens is 342 g/mol. The molecule has 3 aromatic rings. The lowest BCUT2D eigenvalue weighted by Gasteiger charge is -2.11. The van der Waals surface area contributed by atoms with Crippen LogP contribution in [-0.2, 0) is 11.3 Å². The van der Waals surface area contributed by atoms with Crippen molar-refractivity contribution in [2.24, 2.45) is 0 Å². The molecule has 0 saturated heterocycles. The third-order valence-electron chi connectivity index (χ3n) is 3.40. The lowest BCUT2D eigenvalue weighted by Crippen LogP contribution is -2.30. The van der Waals surface area contributed by atoms with Crippen molar-refractivity contribution in [3.8, 4) is 0 Å². The molecule has 1 amide bonds. The van der Waals surface area contributed by atoms with Gasteiger partial charge in [0.2, 0.25) is 5.91 Å². The molecule has 0 saturated carbocycles. The second-order valence-electron chi connectivity index (χ2n) is 5.50. The number of amides is 1. The topological polar surface area (TPSA) is 80.7 Å². The first kappa shape index (κ1) is 16.8. The van der Waals surface area contributed by atoms with Crippen molar-refractivity contribution < 1.29 is 4.79 Å². The smallest absolute Gasteiger partial charge is 0.233 e. The Morgan fingerprint density at radius 2 is 1.88 bits per heavy atom. The maximum Gasteiger partial charge on any atom is 0.233 e. The van der Waals surface area contributed by atoms with Gasteiger partial charge in [0.1, 0.15) is 11.0 Å². The fourth-order valence-corrected chi connectivity index (χ4v) is 3.65. The van der Waals surface area contributed by atoms with Crippen molar-refractivity contribution in [3.63, 3.8) is 0 Å². The van der Waals surface area contributed by atoms with Gasteiger partial charge in [0.05, 0.1) is 17.0 Å². The zero-order valence-electron chi connectivity index (χ0n) is 13.6. The summed E-state index contributed by atoms with van der Waals surface area (Å²) in [6.45, 7) is 6.17. The predicted octanol–water partition coefficient (Wildman–Crippen LogP) is 2.90. The molecule has 1 atom stereocenters. The Bertz CT molecular complexity index is 860. The van der Waals surface area contributed by atoms with E-state index < -0.39 is 0 Å². The molecule has 0 aliphatic heterocycles. The summed E-state index contributed by atoms with van der Waals surface area (Å²) in [5.74, 6) is -0.0424. The van der Waals surface area contributed by atoms with Crippen LogP contribution in [0.2, 0.25) is 0 Å². The molecule has 2 heterocycles. The summed E-state index contributed by atoms with van der Waals surface area (Å²) in [5, 5.41) is 3.31. The molecule has 1 N–H and O–H groups in total. The maximum atomic E-state index is 12.3. The summed E-state index contributed by atoms with van der Waals surface area (Å²) in [5.41, 5.74) is 4.55. The number of carbonyl (C=O) groups is 1. The highest BCUT2D eigenvalue weighted by Crippen LogP contribution is 2.20. The molecule has 0 unspecified atom stereocenters. The number of thioether (sulfide) groups is 1. The minimum Gasteiger partial charge on any atom is -0.351 e. The molecule has 6 nitrogen and oxygen atoms in total. The van der Waals surface area contributed by atoms with Crippen LogP contribution in [0.1, 0.15) is 23.9 Å². The third-order valence-corrected chi connectivity index (χ3v) is 4.92. The van der Waals surface area contributed by atoms with Gasteiger partial charge < -0.3 is 5.32 Å². The average molecular weight is 359 g/mol. The molecule has 0 aliphatic carbocycles. The van der Waals surface area contributed by atoms with Gasteiger partial charge in [-0.25, -0.2) is 9.97 Å². The van der Waals surface area contributed by atoms with Crippen molar-refractivity contribution in [1.82, 2.24) is 24.0 Å². The molecular formula is C16H17N5OS2. The summed E-state index contributed by atoms with van der Waals surface area (Å²) >= 11 is 2.55. The number of hydrogen-bond donors (Lipinski definition) is 1. The lowest BCUT2D eigenvalue weighted by molar-refractivity contribution is -0.120. The number of nitrogens with one attached hydrogen (secondary N) is 1. The van der Waals surface area contributed by atoms with Crippen LogP contribution in [-0.4, -0.2) is 29.9 Å². The molecule has 0 fully saturated rings. The lowest BCUT2D eigenvalue weighted by atomic mass is 10.2. The van der Waals surface area contributed by atoms with Gasteiger partial charge in [0, 0.05) is 17.9 Å². The SMILES string of the molecule is Cc1cc(C)nc(S[C@@H](C)C(=O)NCc2ccc3nsnc3c2)n1. The molecule has 0 radical (unpaired) electrons. The van der Waals surface area contributed by atoms with Gasteiger partial charge in [0.25, 0.3) is 0 Å². The van der Waals surface area contributed by atoms with E-state index in [1.165, 1.54) is 23.5 Å². The molecule has 0 spiro atoms. The highest BCUT2D eigenvalue weighted by atomic mass is 32.2. The van der Waals surface area contributed by atoms with E-state index in [2.05, 4.69) is 24.0 Å². The summed E-state index contributed by atoms with van der Waals surface area (Å²) in [7, 11) is 0. The number of rotatable bonds is 5. The van der Waals surface area contributed by atoms with Crippen molar-refractivity contribution >= 4 is 40.4 Å². The third kappa shape index (κ3) is 4.07. The number of nitrogens with zero attached hydrogens (tertiary/aromatic N) is 4. The second kappa shape index (κ2) is 7.23. The quantitative estimate of drug-likeness (QED) is 0.557. The van der Waals surface area contributed by atoms with Crippen molar-refractivity contribution in [3.05, 3.63) is 41.2 Å². The molecule has 3 rings (SSSR count). The van der Waals surface area contributed by atoms with Crippen molar-refractivity contribution in [2.45, 2.75) is 37.7 Å². The molecule has 124 valence electrons. The summed E-state index contributed by atoms with van der Waals surface area (Å²) in [6, 6.07) is 7.74. The van der Waals surface area contributed by atoms with Gasteiger partial charge in [-0.1, -0.05) is 17.8 Å². The Kier molecular flexibility index (Phi) is 5.06. The first-order valence-electron chi connectivity index (χ1n) is 7.49. The number of aryl methyl sites for hydroxylation is 2. The van der Waals surface area contributed by atoms with Gasteiger partial charge in [-0.2, -0.15) is 8.75 Å². The zero-order chi connectivity index (χ0) is 17.1. The second-order valence-corrected chi connectivity index (χ2v) is 7.33. The van der Waals surface area contributed by atoms with Gasteiger partial charge in [0.15, 0.2) is 5.16 Å². The first-order valence-corrected chi connectivity index (χ1v) is 9.10. The summed E-state index contributed by atoms with van der Waals surface area (Å²) in [6.07, 6.45) is 0. The van der Waals surface area contributed by atoms with Crippen LogP contribution in [0.5, 0.6) is 0 Å². The highest BCUT2D eigenvalue weighted by Gasteiger charge is 2.16. The van der Waals surface area contributed by atoms with E-state index in [4.69, 9.17) is 0 Å². The van der Waals surface area contributed by atoms with Gasteiger partial charge in [-0.15, -0.1) is 0 Å². The Hall–Kier alpha value is -2.06. The Morgan fingerprint density at radius 3 is 2.62 bits per heavy atom. The number of fused-ring (bicyclic) bond motifs is 1. The molecule has 0 bridgehead atoms. The number of benzene rings is 1. The van der Waals surface area contributed by atoms with E-state index >= 15 is 0 Å². The average Bonchev–Trinajstić information content (AvgIpc) is 2.99. The fraction of sp³-hybridized carbons (Fsp3) is 0.312. The normalized spacial score (nSPS) is 12.3. The number of carbonyl (C=O) groups excluding carboxylic acids is 1. The minimum absolute atomic E-state index is 0.0424. The van der Waals surface area contributed by atoms with Crippen molar-refractivity contribution in [1.29, 1.82) is 0 Å². The Balaban J connectivity index is 1.59. The largest absolute Gasteiger partial charge is 0.351 e. The molecule has 0 aliphatic rings. The Morgan fingerprint density at radius 1 is 1.17 bits per heavy atom. The summed E-state index contributed by atoms with van der Waals surface area (Å²) < 4.78 is 8.38. The van der Waals surface area contributed by atoms with Crippen LogP contribution >= 0.6 is 23.5 Å². The van der Waals surface area contributed by atoms with Gasteiger partial charge >= 0.3 is 0 Å². The van der Waals surface area contributed by atoms with E-state index in [0.29, 0.717) is 11.7 Å². The zero-order valence-corrected chi connectivity index (χ0v) is 15.2. The number of aromatic nitrogens is 4. The summed E-state index contributed by atoms with van der Waals surface area (Å²) in [4.78, 5) is 21.0. The maximum absolute atomic E-state index is 12.3. The molecule has 24 heavy (non-hydrogen) atoms. The Labute approximate surface area is 148 Å². The number of hydrogen-bond acceptors (Lipinski definition) is 7. The highest BCUT2D eigenvalue weighted by molar-refractivity contribution is 8.00. The van der Waals surface area contributed by atoms with Crippen LogP contribution in [0, 0.1) is 13.8 Å². The van der Waals surface area contributed by atoms with E-state index in [0.717, 1.165) is 28.0 Å². The van der Waals surface area contributed by atoms with Crippen LogP contribution in [0.15, 0.2) is 29.4 Å². The van der Waals surface area contributed by atoms with E-state index in [9.17, 15) is 4.79 Å². The fourth-order valence-electron chi connectivity index (χ4n) is 2.23. The minimum atomic E-state index is -0.268. The van der Waals surface area contributed by atoms with Gasteiger partial charge in [-0.05, 0) is 44.5 Å². The van der Waals surface area contributed by atoms with E-state index in [-0.39, 0.29) is 11.2 Å². The predicted molar refractivity (Wildman–Crippen MR) is 96.1 cm³/mol. The van der Waals surface area contributed by atoms with Crippen LogP contribution in [0.4, 0.5) is 0 Å². The molecule has 2 aromatic heterocycles. The van der Waals surface area contributed by atoms with Crippen LogP contribution < -0.4 is 5.32 Å². The van der Waals surface area contributed by atoms with Crippen LogP contribution in [0.25, 0.3) is 11.0 Å².